The largest absolute Gasteiger partial charge is 0.462 e. The first-order valence-corrected chi connectivity index (χ1v) is 4.69. The number of benzene rings is 1. The van der Waals surface area contributed by atoms with E-state index in [-0.39, 0.29) is 6.29 Å². The average molecular weight is 196 g/mol. The predicted molar refractivity (Wildman–Crippen MR) is 54.4 cm³/mol. The minimum atomic E-state index is -0.326. The molecular formula is C11H16O3. The van der Waals surface area contributed by atoms with Gasteiger partial charge in [0.05, 0.1) is 0 Å². The van der Waals surface area contributed by atoms with Gasteiger partial charge < -0.3 is 14.2 Å². The van der Waals surface area contributed by atoms with Gasteiger partial charge in [0, 0.05) is 13.7 Å². The summed E-state index contributed by atoms with van der Waals surface area (Å²) < 4.78 is 15.9. The molecule has 1 rings (SSSR count). The van der Waals surface area contributed by atoms with Gasteiger partial charge in [-0.15, -0.1) is 0 Å². The zero-order valence-corrected chi connectivity index (χ0v) is 8.60. The fraction of sp³-hybridized carbons (Fsp3) is 0.455. The molecule has 0 fully saturated rings. The zero-order valence-electron chi connectivity index (χ0n) is 8.60. The highest BCUT2D eigenvalue weighted by Crippen LogP contribution is 2.11. The van der Waals surface area contributed by atoms with Crippen LogP contribution < -0.4 is 4.74 Å². The van der Waals surface area contributed by atoms with Gasteiger partial charge in [-0.05, 0) is 19.1 Å². The third-order valence-electron chi connectivity index (χ3n) is 1.67. The van der Waals surface area contributed by atoms with Crippen LogP contribution in [0.5, 0.6) is 5.75 Å². The van der Waals surface area contributed by atoms with Gasteiger partial charge in [-0.3, -0.25) is 0 Å². The van der Waals surface area contributed by atoms with Crippen LogP contribution in [0.4, 0.5) is 0 Å². The molecule has 0 saturated heterocycles. The fourth-order valence-electron chi connectivity index (χ4n) is 1.09. The zero-order chi connectivity index (χ0) is 10.2. The lowest BCUT2D eigenvalue weighted by Gasteiger charge is -2.17. The number of para-hydroxylation sites is 1. The van der Waals surface area contributed by atoms with Gasteiger partial charge >= 0.3 is 0 Å². The molecule has 1 aromatic carbocycles. The molecule has 0 radical (unpaired) electrons. The summed E-state index contributed by atoms with van der Waals surface area (Å²) >= 11 is 0. The summed E-state index contributed by atoms with van der Waals surface area (Å²) in [5.41, 5.74) is 0. The quantitative estimate of drug-likeness (QED) is 0.652. The topological polar surface area (TPSA) is 27.7 Å². The maximum absolute atomic E-state index is 5.55. The summed E-state index contributed by atoms with van der Waals surface area (Å²) in [6.07, 6.45) is -0.326. The van der Waals surface area contributed by atoms with Crippen LogP contribution in [0.15, 0.2) is 30.3 Å². The van der Waals surface area contributed by atoms with Gasteiger partial charge in [0.1, 0.15) is 12.4 Å². The second-order valence-corrected chi connectivity index (χ2v) is 2.77. The standard InChI is InChI=1S/C11H16O3/c1-3-13-11(9-12-2)14-10-7-5-4-6-8-10/h4-8,11H,3,9H2,1-2H3. The van der Waals surface area contributed by atoms with Gasteiger partial charge in [-0.2, -0.15) is 0 Å². The fourth-order valence-corrected chi connectivity index (χ4v) is 1.09. The van der Waals surface area contributed by atoms with Crippen LogP contribution in [0.3, 0.4) is 0 Å². The van der Waals surface area contributed by atoms with E-state index in [1.54, 1.807) is 7.11 Å². The summed E-state index contributed by atoms with van der Waals surface area (Å²) in [6.45, 7) is 2.97. The molecule has 0 bridgehead atoms. The van der Waals surface area contributed by atoms with Crippen molar-refractivity contribution in [3.8, 4) is 5.75 Å². The molecule has 0 aliphatic heterocycles. The van der Waals surface area contributed by atoms with E-state index in [0.29, 0.717) is 13.2 Å². The summed E-state index contributed by atoms with van der Waals surface area (Å²) in [6, 6.07) is 9.57. The highest BCUT2D eigenvalue weighted by Gasteiger charge is 2.08. The maximum Gasteiger partial charge on any atom is 0.223 e. The molecule has 0 heterocycles. The van der Waals surface area contributed by atoms with E-state index in [2.05, 4.69) is 0 Å². The van der Waals surface area contributed by atoms with Gasteiger partial charge in [0.15, 0.2) is 0 Å². The SMILES string of the molecule is CCOC(COC)Oc1ccccc1. The lowest BCUT2D eigenvalue weighted by atomic mass is 10.3. The minimum Gasteiger partial charge on any atom is -0.462 e. The Kier molecular flexibility index (Phi) is 5.04. The molecule has 1 atom stereocenters. The molecule has 0 aliphatic carbocycles. The van der Waals surface area contributed by atoms with Crippen molar-refractivity contribution in [1.82, 2.24) is 0 Å². The Balaban J connectivity index is 2.46. The van der Waals surface area contributed by atoms with E-state index >= 15 is 0 Å². The summed E-state index contributed by atoms with van der Waals surface area (Å²) in [5.74, 6) is 0.794. The van der Waals surface area contributed by atoms with E-state index in [0.717, 1.165) is 5.75 Å². The molecule has 0 aliphatic rings. The van der Waals surface area contributed by atoms with Crippen LogP contribution in [0, 0.1) is 0 Å². The molecule has 1 unspecified atom stereocenters. The third kappa shape index (κ3) is 3.77. The predicted octanol–water partition coefficient (Wildman–Crippen LogP) is 2.07. The van der Waals surface area contributed by atoms with Crippen molar-refractivity contribution in [1.29, 1.82) is 0 Å². The van der Waals surface area contributed by atoms with Gasteiger partial charge in [-0.1, -0.05) is 18.2 Å². The highest BCUT2D eigenvalue weighted by atomic mass is 16.7. The van der Waals surface area contributed by atoms with Crippen molar-refractivity contribution in [2.75, 3.05) is 20.3 Å². The number of rotatable bonds is 6. The highest BCUT2D eigenvalue weighted by molar-refractivity contribution is 5.20. The molecule has 0 amide bonds. The Morgan fingerprint density at radius 1 is 1.21 bits per heavy atom. The smallest absolute Gasteiger partial charge is 0.223 e. The first kappa shape index (κ1) is 11.0. The number of hydrogen-bond acceptors (Lipinski definition) is 3. The minimum absolute atomic E-state index is 0.326. The van der Waals surface area contributed by atoms with Crippen LogP contribution in [-0.4, -0.2) is 26.6 Å². The molecular weight excluding hydrogens is 180 g/mol. The Hall–Kier alpha value is -1.06. The van der Waals surface area contributed by atoms with Crippen LogP contribution in [0.25, 0.3) is 0 Å². The van der Waals surface area contributed by atoms with Crippen molar-refractivity contribution < 1.29 is 14.2 Å². The Morgan fingerprint density at radius 3 is 2.50 bits per heavy atom. The molecule has 78 valence electrons. The molecule has 0 N–H and O–H groups in total. The van der Waals surface area contributed by atoms with E-state index < -0.39 is 0 Å². The van der Waals surface area contributed by atoms with E-state index in [9.17, 15) is 0 Å². The molecule has 1 aromatic rings. The van der Waals surface area contributed by atoms with Crippen LogP contribution in [0.2, 0.25) is 0 Å². The van der Waals surface area contributed by atoms with Crippen molar-refractivity contribution >= 4 is 0 Å². The maximum atomic E-state index is 5.55. The van der Waals surface area contributed by atoms with Crippen molar-refractivity contribution in [3.63, 3.8) is 0 Å². The number of ether oxygens (including phenoxy) is 3. The monoisotopic (exact) mass is 196 g/mol. The molecule has 3 heteroatoms. The molecule has 3 nitrogen and oxygen atoms in total. The lowest BCUT2D eigenvalue weighted by molar-refractivity contribution is -0.110. The van der Waals surface area contributed by atoms with Crippen LogP contribution >= 0.6 is 0 Å². The first-order chi connectivity index (χ1) is 6.86. The molecule has 14 heavy (non-hydrogen) atoms. The second-order valence-electron chi connectivity index (χ2n) is 2.77. The first-order valence-electron chi connectivity index (χ1n) is 4.69. The van der Waals surface area contributed by atoms with E-state index in [1.807, 2.05) is 37.3 Å². The van der Waals surface area contributed by atoms with Gasteiger partial charge in [0.25, 0.3) is 0 Å². The van der Waals surface area contributed by atoms with E-state index in [4.69, 9.17) is 14.2 Å². The van der Waals surface area contributed by atoms with Crippen molar-refractivity contribution in [2.24, 2.45) is 0 Å². The molecule has 0 saturated carbocycles. The molecule has 0 aromatic heterocycles. The van der Waals surface area contributed by atoms with Crippen molar-refractivity contribution in [3.05, 3.63) is 30.3 Å². The van der Waals surface area contributed by atoms with Crippen LogP contribution in [-0.2, 0) is 9.47 Å². The third-order valence-corrected chi connectivity index (χ3v) is 1.67. The van der Waals surface area contributed by atoms with E-state index in [1.165, 1.54) is 0 Å². The Morgan fingerprint density at radius 2 is 1.93 bits per heavy atom. The normalized spacial score (nSPS) is 12.4. The second kappa shape index (κ2) is 6.40. The number of hydrogen-bond donors (Lipinski definition) is 0. The lowest BCUT2D eigenvalue weighted by Crippen LogP contribution is -2.25. The average Bonchev–Trinajstić information content (AvgIpc) is 2.20. The van der Waals surface area contributed by atoms with Crippen LogP contribution in [0.1, 0.15) is 6.92 Å². The van der Waals surface area contributed by atoms with Crippen molar-refractivity contribution in [2.45, 2.75) is 13.2 Å². The summed E-state index contributed by atoms with van der Waals surface area (Å²) in [5, 5.41) is 0. The van der Waals surface area contributed by atoms with Gasteiger partial charge in [-0.25, -0.2) is 0 Å². The van der Waals surface area contributed by atoms with Gasteiger partial charge in [0.2, 0.25) is 6.29 Å². The summed E-state index contributed by atoms with van der Waals surface area (Å²) in [4.78, 5) is 0. The molecule has 0 spiro atoms. The Bertz CT molecular complexity index is 230. The number of methoxy groups -OCH3 is 1. The summed E-state index contributed by atoms with van der Waals surface area (Å²) in [7, 11) is 1.63. The Labute approximate surface area is 84.6 Å².